The van der Waals surface area contributed by atoms with Crippen molar-refractivity contribution in [2.75, 3.05) is 10.6 Å². The molecule has 0 aliphatic rings. The van der Waals surface area contributed by atoms with E-state index in [1.54, 1.807) is 0 Å². The summed E-state index contributed by atoms with van der Waals surface area (Å²) in [5.74, 6) is 2.43. The Morgan fingerprint density at radius 1 is 1.14 bits per heavy atom. The number of hydrogen-bond acceptors (Lipinski definition) is 4. The first-order valence-electron chi connectivity index (χ1n) is 7.17. The van der Waals surface area contributed by atoms with Gasteiger partial charge in [0.2, 0.25) is 0 Å². The second-order valence-corrected chi connectivity index (χ2v) is 5.56. The van der Waals surface area contributed by atoms with Gasteiger partial charge in [0.05, 0.1) is 0 Å². The summed E-state index contributed by atoms with van der Waals surface area (Å²) in [6.07, 6.45) is 1.05. The van der Waals surface area contributed by atoms with Crippen molar-refractivity contribution in [1.29, 1.82) is 0 Å². The molecule has 1 aromatic heterocycles. The zero-order valence-corrected chi connectivity index (χ0v) is 13.4. The van der Waals surface area contributed by atoms with Crippen molar-refractivity contribution in [2.24, 2.45) is 0 Å². The highest BCUT2D eigenvalue weighted by Crippen LogP contribution is 2.15. The number of halogens is 1. The lowest BCUT2D eigenvalue weighted by Gasteiger charge is -2.14. The molecular formula is C16H21ClN4. The van der Waals surface area contributed by atoms with Crippen LogP contribution in [0.4, 0.5) is 11.6 Å². The number of hydrogen-bond donors (Lipinski definition) is 2. The Balaban J connectivity index is 2.04. The lowest BCUT2D eigenvalue weighted by atomic mass is 10.2. The largest absolute Gasteiger partial charge is 0.367 e. The van der Waals surface area contributed by atoms with Gasteiger partial charge in [0.25, 0.3) is 0 Å². The van der Waals surface area contributed by atoms with E-state index in [1.165, 1.54) is 0 Å². The van der Waals surface area contributed by atoms with Gasteiger partial charge in [0.1, 0.15) is 17.5 Å². The molecule has 1 atom stereocenters. The van der Waals surface area contributed by atoms with Crippen LogP contribution in [0.25, 0.3) is 0 Å². The summed E-state index contributed by atoms with van der Waals surface area (Å²) in [5.41, 5.74) is 1.16. The first kappa shape index (κ1) is 15.6. The zero-order valence-electron chi connectivity index (χ0n) is 12.7. The number of nitrogens with zero attached hydrogens (tertiary/aromatic N) is 2. The highest BCUT2D eigenvalue weighted by molar-refractivity contribution is 6.30. The van der Waals surface area contributed by atoms with E-state index in [4.69, 9.17) is 11.6 Å². The topological polar surface area (TPSA) is 49.8 Å². The molecule has 2 rings (SSSR count). The van der Waals surface area contributed by atoms with Gasteiger partial charge in [-0.1, -0.05) is 30.7 Å². The lowest BCUT2D eigenvalue weighted by molar-refractivity contribution is 0.757. The van der Waals surface area contributed by atoms with E-state index in [1.807, 2.05) is 37.3 Å². The van der Waals surface area contributed by atoms with Crippen molar-refractivity contribution in [3.05, 3.63) is 46.7 Å². The van der Waals surface area contributed by atoms with Crippen LogP contribution < -0.4 is 10.6 Å². The van der Waals surface area contributed by atoms with Crippen molar-refractivity contribution in [2.45, 2.75) is 39.8 Å². The first-order valence-corrected chi connectivity index (χ1v) is 7.55. The molecule has 0 bridgehead atoms. The normalized spacial score (nSPS) is 12.0. The second-order valence-electron chi connectivity index (χ2n) is 5.12. The quantitative estimate of drug-likeness (QED) is 0.837. The van der Waals surface area contributed by atoms with Gasteiger partial charge in [0.15, 0.2) is 0 Å². The van der Waals surface area contributed by atoms with Gasteiger partial charge < -0.3 is 10.6 Å². The van der Waals surface area contributed by atoms with Crippen molar-refractivity contribution < 1.29 is 0 Å². The second kappa shape index (κ2) is 7.27. The van der Waals surface area contributed by atoms with Crippen molar-refractivity contribution in [3.8, 4) is 0 Å². The smallest absolute Gasteiger partial charge is 0.132 e. The monoisotopic (exact) mass is 304 g/mol. The third kappa shape index (κ3) is 4.90. The maximum Gasteiger partial charge on any atom is 0.132 e. The highest BCUT2D eigenvalue weighted by Gasteiger charge is 2.04. The average Bonchev–Trinajstić information content (AvgIpc) is 2.46. The fourth-order valence-electron chi connectivity index (χ4n) is 1.88. The van der Waals surface area contributed by atoms with Crippen LogP contribution in [0.3, 0.4) is 0 Å². The van der Waals surface area contributed by atoms with Gasteiger partial charge in [-0.2, -0.15) is 0 Å². The SMILES string of the molecule is CCC(C)Nc1cc(NCc2ccc(Cl)cc2)nc(C)n1. The molecule has 21 heavy (non-hydrogen) atoms. The molecule has 0 saturated heterocycles. The van der Waals surface area contributed by atoms with E-state index < -0.39 is 0 Å². The number of benzene rings is 1. The third-order valence-electron chi connectivity index (χ3n) is 3.23. The molecule has 0 aliphatic heterocycles. The van der Waals surface area contributed by atoms with E-state index >= 15 is 0 Å². The third-order valence-corrected chi connectivity index (χ3v) is 3.48. The average molecular weight is 305 g/mol. The standard InChI is InChI=1S/C16H21ClN4/c1-4-11(2)19-16-9-15(20-12(3)21-16)18-10-13-5-7-14(17)8-6-13/h5-9,11H,4,10H2,1-3H3,(H2,18,19,20,21). The Hall–Kier alpha value is -1.81. The lowest BCUT2D eigenvalue weighted by Crippen LogP contribution is -2.15. The maximum atomic E-state index is 5.88. The summed E-state index contributed by atoms with van der Waals surface area (Å²) in [7, 11) is 0. The fraction of sp³-hybridized carbons (Fsp3) is 0.375. The van der Waals surface area contributed by atoms with Gasteiger partial charge >= 0.3 is 0 Å². The molecule has 0 amide bonds. The van der Waals surface area contributed by atoms with Gasteiger partial charge in [0, 0.05) is 23.7 Å². The molecule has 4 nitrogen and oxygen atoms in total. The molecule has 0 aliphatic carbocycles. The minimum Gasteiger partial charge on any atom is -0.367 e. The van der Waals surface area contributed by atoms with Gasteiger partial charge in [-0.15, -0.1) is 0 Å². The summed E-state index contributed by atoms with van der Waals surface area (Å²) in [4.78, 5) is 8.82. The molecular weight excluding hydrogens is 284 g/mol. The van der Waals surface area contributed by atoms with E-state index in [0.29, 0.717) is 12.6 Å². The molecule has 112 valence electrons. The minimum absolute atomic E-state index is 0.392. The molecule has 0 fully saturated rings. The minimum atomic E-state index is 0.392. The number of aromatic nitrogens is 2. The Kier molecular flexibility index (Phi) is 5.39. The summed E-state index contributed by atoms with van der Waals surface area (Å²) >= 11 is 5.88. The van der Waals surface area contributed by atoms with Crippen molar-refractivity contribution in [1.82, 2.24) is 9.97 Å². The van der Waals surface area contributed by atoms with Crippen LogP contribution >= 0.6 is 11.6 Å². The molecule has 1 unspecified atom stereocenters. The first-order chi connectivity index (χ1) is 10.1. The van der Waals surface area contributed by atoms with Crippen LogP contribution in [-0.4, -0.2) is 16.0 Å². The number of anilines is 2. The van der Waals surface area contributed by atoms with Crippen molar-refractivity contribution in [3.63, 3.8) is 0 Å². The number of nitrogens with one attached hydrogen (secondary N) is 2. The maximum absolute atomic E-state index is 5.88. The summed E-state index contributed by atoms with van der Waals surface area (Å²) in [6.45, 7) is 6.88. The van der Waals surface area contributed by atoms with Crippen LogP contribution in [0.5, 0.6) is 0 Å². The molecule has 0 spiro atoms. The predicted molar refractivity (Wildman–Crippen MR) is 88.9 cm³/mol. The molecule has 1 aromatic carbocycles. The summed E-state index contributed by atoms with van der Waals surface area (Å²) in [6, 6.07) is 10.1. The Morgan fingerprint density at radius 3 is 2.48 bits per heavy atom. The Morgan fingerprint density at radius 2 is 1.81 bits per heavy atom. The van der Waals surface area contributed by atoms with Crippen LogP contribution in [-0.2, 0) is 6.54 Å². The van der Waals surface area contributed by atoms with Gasteiger partial charge in [-0.05, 0) is 38.0 Å². The highest BCUT2D eigenvalue weighted by atomic mass is 35.5. The van der Waals surface area contributed by atoms with Gasteiger partial charge in [-0.3, -0.25) is 0 Å². The van der Waals surface area contributed by atoms with Crippen LogP contribution in [0.1, 0.15) is 31.7 Å². The molecule has 0 saturated carbocycles. The summed E-state index contributed by atoms with van der Waals surface area (Å²) in [5, 5.41) is 7.44. The van der Waals surface area contributed by atoms with Crippen LogP contribution in [0.2, 0.25) is 5.02 Å². The summed E-state index contributed by atoms with van der Waals surface area (Å²) < 4.78 is 0. The zero-order chi connectivity index (χ0) is 15.2. The van der Waals surface area contributed by atoms with Crippen LogP contribution in [0.15, 0.2) is 30.3 Å². The number of aryl methyl sites for hydroxylation is 1. The number of rotatable bonds is 6. The molecule has 0 radical (unpaired) electrons. The predicted octanol–water partition coefficient (Wildman–Crippen LogP) is 4.26. The molecule has 2 N–H and O–H groups in total. The molecule has 5 heteroatoms. The van der Waals surface area contributed by atoms with E-state index in [2.05, 4.69) is 34.4 Å². The Labute approximate surface area is 131 Å². The van der Waals surface area contributed by atoms with E-state index in [0.717, 1.165) is 34.5 Å². The Bertz CT molecular complexity index is 583. The van der Waals surface area contributed by atoms with Crippen LogP contribution in [0, 0.1) is 6.92 Å². The molecule has 2 aromatic rings. The fourth-order valence-corrected chi connectivity index (χ4v) is 2.01. The van der Waals surface area contributed by atoms with Gasteiger partial charge in [-0.25, -0.2) is 9.97 Å². The van der Waals surface area contributed by atoms with Crippen molar-refractivity contribution >= 4 is 23.2 Å². The van der Waals surface area contributed by atoms with E-state index in [9.17, 15) is 0 Å². The molecule has 1 heterocycles. The van der Waals surface area contributed by atoms with E-state index in [-0.39, 0.29) is 0 Å².